The molecular weight excluding hydrogens is 370 g/mol. The van der Waals surface area contributed by atoms with Crippen LogP contribution in [0, 0.1) is 0 Å². The van der Waals surface area contributed by atoms with Gasteiger partial charge in [-0.25, -0.2) is 4.79 Å². The highest BCUT2D eigenvalue weighted by Crippen LogP contribution is 2.32. The van der Waals surface area contributed by atoms with Crippen LogP contribution in [0.5, 0.6) is 0 Å². The minimum Gasteiger partial charge on any atom is -0.454 e. The first kappa shape index (κ1) is 17.2. The Morgan fingerprint density at radius 1 is 1.07 bits per heavy atom. The monoisotopic (exact) mass is 389 g/mol. The first-order chi connectivity index (χ1) is 13.7. The second-order valence-corrected chi connectivity index (χ2v) is 8.23. The summed E-state index contributed by atoms with van der Waals surface area (Å²) in [6.45, 7) is 1.39. The summed E-state index contributed by atoms with van der Waals surface area (Å²) in [4.78, 5) is 28.8. The SMILES string of the molecule is O=C1O[C@H](c2ccccc2)Cc2cc(C(=O)N3CCc4sccc4C3)ccc21. The van der Waals surface area contributed by atoms with E-state index in [1.165, 1.54) is 10.4 Å². The van der Waals surface area contributed by atoms with E-state index in [-0.39, 0.29) is 18.0 Å². The Hall–Kier alpha value is -2.92. The second-order valence-electron chi connectivity index (χ2n) is 7.23. The van der Waals surface area contributed by atoms with Crippen LogP contribution in [-0.4, -0.2) is 23.3 Å². The molecular formula is C23H19NO3S. The van der Waals surface area contributed by atoms with Gasteiger partial charge in [-0.2, -0.15) is 0 Å². The highest BCUT2D eigenvalue weighted by Gasteiger charge is 2.29. The van der Waals surface area contributed by atoms with Crippen molar-refractivity contribution in [1.29, 1.82) is 0 Å². The minimum atomic E-state index is -0.324. The number of rotatable bonds is 2. The smallest absolute Gasteiger partial charge is 0.339 e. The zero-order valence-corrected chi connectivity index (χ0v) is 16.1. The molecule has 140 valence electrons. The zero-order valence-electron chi connectivity index (χ0n) is 15.3. The lowest BCUT2D eigenvalue weighted by molar-refractivity contribution is 0.0252. The number of fused-ring (bicyclic) bond motifs is 2. The number of benzene rings is 2. The topological polar surface area (TPSA) is 46.6 Å². The van der Waals surface area contributed by atoms with Gasteiger partial charge in [-0.1, -0.05) is 30.3 Å². The first-order valence-electron chi connectivity index (χ1n) is 9.42. The van der Waals surface area contributed by atoms with Crippen LogP contribution in [0.3, 0.4) is 0 Å². The zero-order chi connectivity index (χ0) is 19.1. The van der Waals surface area contributed by atoms with Gasteiger partial charge in [-0.15, -0.1) is 11.3 Å². The third kappa shape index (κ3) is 3.02. The number of hydrogen-bond donors (Lipinski definition) is 0. The number of amides is 1. The summed E-state index contributed by atoms with van der Waals surface area (Å²) in [6.07, 6.45) is 1.18. The maximum Gasteiger partial charge on any atom is 0.339 e. The van der Waals surface area contributed by atoms with E-state index in [4.69, 9.17) is 4.74 Å². The molecule has 3 heterocycles. The molecule has 4 nitrogen and oxygen atoms in total. The Balaban J connectivity index is 1.41. The Morgan fingerprint density at radius 2 is 1.93 bits per heavy atom. The second kappa shape index (κ2) is 6.91. The number of ether oxygens (including phenoxy) is 1. The van der Waals surface area contributed by atoms with Crippen molar-refractivity contribution in [3.63, 3.8) is 0 Å². The lowest BCUT2D eigenvalue weighted by Gasteiger charge is -2.28. The largest absolute Gasteiger partial charge is 0.454 e. The van der Waals surface area contributed by atoms with Crippen molar-refractivity contribution >= 4 is 23.2 Å². The molecule has 2 aliphatic heterocycles. The highest BCUT2D eigenvalue weighted by atomic mass is 32.1. The van der Waals surface area contributed by atoms with Crippen molar-refractivity contribution in [2.75, 3.05) is 6.54 Å². The Kier molecular flexibility index (Phi) is 4.24. The van der Waals surface area contributed by atoms with E-state index in [0.29, 0.717) is 24.1 Å². The maximum absolute atomic E-state index is 13.1. The summed E-state index contributed by atoms with van der Waals surface area (Å²) < 4.78 is 5.61. The number of thiophene rings is 1. The Morgan fingerprint density at radius 3 is 2.79 bits per heavy atom. The molecule has 0 unspecified atom stereocenters. The predicted octanol–water partition coefficient (Wildman–Crippen LogP) is 4.40. The van der Waals surface area contributed by atoms with Crippen LogP contribution in [0.25, 0.3) is 0 Å². The lowest BCUT2D eigenvalue weighted by atomic mass is 9.93. The fourth-order valence-electron chi connectivity index (χ4n) is 3.99. The Labute approximate surface area is 167 Å². The van der Waals surface area contributed by atoms with Gasteiger partial charge in [0.25, 0.3) is 5.91 Å². The molecule has 2 aliphatic rings. The summed E-state index contributed by atoms with van der Waals surface area (Å²) in [5.74, 6) is -0.301. The van der Waals surface area contributed by atoms with Gasteiger partial charge >= 0.3 is 5.97 Å². The third-order valence-electron chi connectivity index (χ3n) is 5.49. The van der Waals surface area contributed by atoms with Crippen molar-refractivity contribution in [2.45, 2.75) is 25.5 Å². The van der Waals surface area contributed by atoms with Crippen molar-refractivity contribution < 1.29 is 14.3 Å². The van der Waals surface area contributed by atoms with Gasteiger partial charge in [-0.05, 0) is 52.8 Å². The van der Waals surface area contributed by atoms with Crippen molar-refractivity contribution in [3.8, 4) is 0 Å². The number of hydrogen-bond acceptors (Lipinski definition) is 4. The average molecular weight is 389 g/mol. The van der Waals surface area contributed by atoms with E-state index in [1.807, 2.05) is 41.3 Å². The van der Waals surface area contributed by atoms with E-state index >= 15 is 0 Å². The van der Waals surface area contributed by atoms with Gasteiger partial charge in [0.15, 0.2) is 0 Å². The van der Waals surface area contributed by atoms with E-state index in [0.717, 1.165) is 24.1 Å². The first-order valence-corrected chi connectivity index (χ1v) is 10.3. The molecule has 5 rings (SSSR count). The quantitative estimate of drug-likeness (QED) is 0.610. The number of nitrogens with zero attached hydrogens (tertiary/aromatic N) is 1. The van der Waals surface area contributed by atoms with Crippen LogP contribution in [0.15, 0.2) is 60.0 Å². The normalized spacial score (nSPS) is 18.2. The molecule has 5 heteroatoms. The summed E-state index contributed by atoms with van der Waals surface area (Å²) >= 11 is 1.76. The molecule has 1 atom stereocenters. The molecule has 28 heavy (non-hydrogen) atoms. The van der Waals surface area contributed by atoms with Gasteiger partial charge in [-0.3, -0.25) is 4.79 Å². The van der Waals surface area contributed by atoms with Gasteiger partial charge in [0.1, 0.15) is 6.10 Å². The molecule has 0 aliphatic carbocycles. The molecule has 0 fully saturated rings. The lowest BCUT2D eigenvalue weighted by Crippen LogP contribution is -2.35. The van der Waals surface area contributed by atoms with Crippen LogP contribution in [0.2, 0.25) is 0 Å². The summed E-state index contributed by atoms with van der Waals surface area (Å²) in [7, 11) is 0. The molecule has 2 aromatic carbocycles. The van der Waals surface area contributed by atoms with Gasteiger partial charge in [0.2, 0.25) is 0 Å². The molecule has 0 radical (unpaired) electrons. The highest BCUT2D eigenvalue weighted by molar-refractivity contribution is 7.10. The van der Waals surface area contributed by atoms with Crippen LogP contribution >= 0.6 is 11.3 Å². The molecule has 0 saturated heterocycles. The Bertz CT molecular complexity index is 1060. The van der Waals surface area contributed by atoms with Crippen molar-refractivity contribution in [3.05, 3.63) is 92.7 Å². The minimum absolute atomic E-state index is 0.0230. The molecule has 0 saturated carbocycles. The molecule has 0 N–H and O–H groups in total. The van der Waals surface area contributed by atoms with Crippen LogP contribution in [-0.2, 0) is 24.1 Å². The standard InChI is InChI=1S/C23H19NO3S/c25-22(24-10-8-21-17(14-24)9-11-28-21)16-6-7-19-18(12-16)13-20(27-23(19)26)15-4-2-1-3-5-15/h1-7,9,11-12,20H,8,10,13-14H2/t20-/m0/s1. The maximum atomic E-state index is 13.1. The number of carbonyl (C=O) groups is 2. The van der Waals surface area contributed by atoms with E-state index in [9.17, 15) is 9.59 Å². The van der Waals surface area contributed by atoms with E-state index in [1.54, 1.807) is 23.5 Å². The number of cyclic esters (lactones) is 1. The van der Waals surface area contributed by atoms with E-state index < -0.39 is 0 Å². The summed E-state index contributed by atoms with van der Waals surface area (Å²) in [5, 5.41) is 2.09. The van der Waals surface area contributed by atoms with Crippen LogP contribution in [0.4, 0.5) is 0 Å². The average Bonchev–Trinajstić information content (AvgIpc) is 3.21. The molecule has 0 spiro atoms. The van der Waals surface area contributed by atoms with Crippen molar-refractivity contribution in [2.24, 2.45) is 0 Å². The van der Waals surface area contributed by atoms with Gasteiger partial charge < -0.3 is 9.64 Å². The van der Waals surface area contributed by atoms with Crippen LogP contribution < -0.4 is 0 Å². The molecule has 0 bridgehead atoms. The van der Waals surface area contributed by atoms with Gasteiger partial charge in [0, 0.05) is 30.0 Å². The molecule has 1 amide bonds. The molecule has 3 aromatic rings. The summed E-state index contributed by atoms with van der Waals surface area (Å²) in [5.41, 5.74) is 4.29. The number of carbonyl (C=O) groups excluding carboxylic acids is 2. The number of esters is 1. The van der Waals surface area contributed by atoms with Crippen LogP contribution in [0.1, 0.15) is 48.4 Å². The fourth-order valence-corrected chi connectivity index (χ4v) is 4.88. The third-order valence-corrected chi connectivity index (χ3v) is 6.52. The van der Waals surface area contributed by atoms with Crippen molar-refractivity contribution in [1.82, 2.24) is 4.90 Å². The predicted molar refractivity (Wildman–Crippen MR) is 108 cm³/mol. The van der Waals surface area contributed by atoms with Gasteiger partial charge in [0.05, 0.1) is 5.56 Å². The van der Waals surface area contributed by atoms with E-state index in [2.05, 4.69) is 11.4 Å². The molecule has 1 aromatic heterocycles. The fraction of sp³-hybridized carbons (Fsp3) is 0.217. The summed E-state index contributed by atoms with van der Waals surface area (Å²) in [6, 6.07) is 17.2.